The zero-order valence-electron chi connectivity index (χ0n) is 10.9. The maximum atomic E-state index is 6.21. The predicted molar refractivity (Wildman–Crippen MR) is 82.0 cm³/mol. The minimum atomic E-state index is 0.841. The molecule has 2 rings (SSSR count). The first-order chi connectivity index (χ1) is 8.66. The first kappa shape index (κ1) is 14.4. The van der Waals surface area contributed by atoms with Gasteiger partial charge in [0.1, 0.15) is 0 Å². The van der Waals surface area contributed by atoms with Crippen LogP contribution in [0.4, 0.5) is 0 Å². The normalized spacial score (nSPS) is 24.2. The molecule has 1 aliphatic carbocycles. The molecule has 3 heteroatoms. The number of nitrogens with one attached hydrogen (secondary N) is 1. The third kappa shape index (κ3) is 3.97. The van der Waals surface area contributed by atoms with E-state index in [1.807, 2.05) is 12.1 Å². The molecule has 0 radical (unpaired) electrons. The molecule has 0 saturated heterocycles. The minimum absolute atomic E-state index is 0.841. The van der Waals surface area contributed by atoms with Crippen molar-refractivity contribution in [3.8, 4) is 0 Å². The van der Waals surface area contributed by atoms with Crippen LogP contribution in [0.25, 0.3) is 0 Å². The van der Waals surface area contributed by atoms with Gasteiger partial charge >= 0.3 is 0 Å². The Bertz CT molecular complexity index is 394. The molecule has 2 atom stereocenters. The fourth-order valence-electron chi connectivity index (χ4n) is 2.75. The Hall–Kier alpha value is -0.0500. The summed E-state index contributed by atoms with van der Waals surface area (Å²) in [6.07, 6.45) is 5.58. The van der Waals surface area contributed by atoms with E-state index in [9.17, 15) is 0 Å². The van der Waals surface area contributed by atoms with Crippen molar-refractivity contribution in [2.45, 2.75) is 39.2 Å². The largest absolute Gasteiger partial charge is 0.312 e. The lowest BCUT2D eigenvalue weighted by molar-refractivity contribution is 0.247. The Balaban J connectivity index is 1.81. The zero-order valence-corrected chi connectivity index (χ0v) is 13.2. The summed E-state index contributed by atoms with van der Waals surface area (Å²) in [5, 5.41) is 4.40. The van der Waals surface area contributed by atoms with Crippen LogP contribution in [-0.2, 0) is 6.54 Å². The average molecular weight is 331 g/mol. The van der Waals surface area contributed by atoms with Crippen LogP contribution in [0, 0.1) is 11.8 Å². The van der Waals surface area contributed by atoms with Crippen LogP contribution in [0.3, 0.4) is 0 Å². The van der Waals surface area contributed by atoms with Crippen molar-refractivity contribution in [3.05, 3.63) is 33.3 Å². The lowest BCUT2D eigenvalue weighted by Gasteiger charge is -2.29. The third-order valence-corrected chi connectivity index (χ3v) is 4.87. The lowest BCUT2D eigenvalue weighted by Crippen LogP contribution is -2.29. The summed E-state index contributed by atoms with van der Waals surface area (Å²) in [6, 6.07) is 6.09. The van der Waals surface area contributed by atoms with Crippen LogP contribution in [0.2, 0.25) is 5.02 Å². The molecule has 0 bridgehead atoms. The van der Waals surface area contributed by atoms with Gasteiger partial charge in [0.05, 0.1) is 0 Å². The Morgan fingerprint density at radius 2 is 2.11 bits per heavy atom. The first-order valence-corrected chi connectivity index (χ1v) is 7.98. The quantitative estimate of drug-likeness (QED) is 0.817. The summed E-state index contributed by atoms with van der Waals surface area (Å²) in [5.41, 5.74) is 1.18. The fraction of sp³-hybridized carbons (Fsp3) is 0.600. The summed E-state index contributed by atoms with van der Waals surface area (Å²) >= 11 is 9.64. The smallest absolute Gasteiger partial charge is 0.0462 e. The highest BCUT2D eigenvalue weighted by Gasteiger charge is 2.20. The van der Waals surface area contributed by atoms with E-state index in [1.54, 1.807) is 0 Å². The van der Waals surface area contributed by atoms with E-state index in [4.69, 9.17) is 11.6 Å². The van der Waals surface area contributed by atoms with Crippen molar-refractivity contribution < 1.29 is 0 Å². The van der Waals surface area contributed by atoms with E-state index in [2.05, 4.69) is 34.2 Å². The van der Waals surface area contributed by atoms with Gasteiger partial charge in [-0.3, -0.25) is 0 Å². The van der Waals surface area contributed by atoms with Gasteiger partial charge in [-0.05, 0) is 42.5 Å². The van der Waals surface area contributed by atoms with Gasteiger partial charge in [-0.25, -0.2) is 0 Å². The van der Waals surface area contributed by atoms with E-state index in [0.717, 1.165) is 34.4 Å². The second kappa shape index (κ2) is 6.93. The molecule has 1 aromatic rings. The maximum Gasteiger partial charge on any atom is 0.0462 e. The summed E-state index contributed by atoms with van der Waals surface area (Å²) < 4.78 is 1.04. The van der Waals surface area contributed by atoms with Crippen LogP contribution < -0.4 is 5.32 Å². The maximum absolute atomic E-state index is 6.21. The van der Waals surface area contributed by atoms with Gasteiger partial charge < -0.3 is 5.32 Å². The van der Waals surface area contributed by atoms with Crippen molar-refractivity contribution in [1.82, 2.24) is 5.32 Å². The Kier molecular flexibility index (Phi) is 5.53. The second-order valence-electron chi connectivity index (χ2n) is 5.39. The molecule has 1 nitrogen and oxygen atoms in total. The Labute approximate surface area is 123 Å². The summed E-state index contributed by atoms with van der Waals surface area (Å²) in [5.74, 6) is 1.71. The first-order valence-electron chi connectivity index (χ1n) is 6.81. The van der Waals surface area contributed by atoms with Gasteiger partial charge in [-0.1, -0.05) is 59.8 Å². The van der Waals surface area contributed by atoms with E-state index in [1.165, 1.54) is 31.2 Å². The summed E-state index contributed by atoms with van der Waals surface area (Å²) in [4.78, 5) is 0. The topological polar surface area (TPSA) is 12.0 Å². The average Bonchev–Trinajstić information content (AvgIpc) is 2.34. The minimum Gasteiger partial charge on any atom is -0.312 e. The predicted octanol–water partition coefficient (Wildman–Crippen LogP) is 5.02. The van der Waals surface area contributed by atoms with Gasteiger partial charge in [0.25, 0.3) is 0 Å². The SMILES string of the molecule is CC1CCCCC1CNCc1ccc(Br)cc1Cl. The van der Waals surface area contributed by atoms with Crippen molar-refractivity contribution in [2.75, 3.05) is 6.54 Å². The molecule has 0 amide bonds. The highest BCUT2D eigenvalue weighted by Crippen LogP contribution is 2.29. The van der Waals surface area contributed by atoms with E-state index in [-0.39, 0.29) is 0 Å². The molecule has 0 heterocycles. The molecule has 0 spiro atoms. The van der Waals surface area contributed by atoms with Gasteiger partial charge in [0.15, 0.2) is 0 Å². The van der Waals surface area contributed by atoms with E-state index < -0.39 is 0 Å². The Morgan fingerprint density at radius 3 is 2.83 bits per heavy atom. The molecular formula is C15H21BrClN. The number of benzene rings is 1. The van der Waals surface area contributed by atoms with Crippen molar-refractivity contribution in [1.29, 1.82) is 0 Å². The highest BCUT2D eigenvalue weighted by molar-refractivity contribution is 9.10. The summed E-state index contributed by atoms with van der Waals surface area (Å²) in [6.45, 7) is 4.38. The van der Waals surface area contributed by atoms with Gasteiger partial charge in [0, 0.05) is 16.0 Å². The third-order valence-electron chi connectivity index (χ3n) is 4.03. The van der Waals surface area contributed by atoms with Crippen molar-refractivity contribution in [3.63, 3.8) is 0 Å². The van der Waals surface area contributed by atoms with Crippen LogP contribution in [0.15, 0.2) is 22.7 Å². The highest BCUT2D eigenvalue weighted by atomic mass is 79.9. The standard InChI is InChI=1S/C15H21BrClN/c1-11-4-2-3-5-12(11)9-18-10-13-6-7-14(16)8-15(13)17/h6-8,11-12,18H,2-5,9-10H2,1H3. The van der Waals surface area contributed by atoms with Crippen LogP contribution >= 0.6 is 27.5 Å². The number of hydrogen-bond donors (Lipinski definition) is 1. The van der Waals surface area contributed by atoms with Crippen molar-refractivity contribution >= 4 is 27.5 Å². The van der Waals surface area contributed by atoms with Crippen LogP contribution in [0.1, 0.15) is 38.2 Å². The molecule has 0 aliphatic heterocycles. The van der Waals surface area contributed by atoms with Crippen molar-refractivity contribution in [2.24, 2.45) is 11.8 Å². The number of hydrogen-bond acceptors (Lipinski definition) is 1. The fourth-order valence-corrected chi connectivity index (χ4v) is 3.49. The molecule has 1 aromatic carbocycles. The van der Waals surface area contributed by atoms with E-state index in [0.29, 0.717) is 0 Å². The van der Waals surface area contributed by atoms with Gasteiger partial charge in [0.2, 0.25) is 0 Å². The van der Waals surface area contributed by atoms with Crippen LogP contribution in [0.5, 0.6) is 0 Å². The number of rotatable bonds is 4. The molecule has 1 fully saturated rings. The van der Waals surface area contributed by atoms with Crippen LogP contribution in [-0.4, -0.2) is 6.54 Å². The Morgan fingerprint density at radius 1 is 1.33 bits per heavy atom. The molecular weight excluding hydrogens is 310 g/mol. The molecule has 1 saturated carbocycles. The molecule has 100 valence electrons. The molecule has 2 unspecified atom stereocenters. The van der Waals surface area contributed by atoms with Gasteiger partial charge in [-0.15, -0.1) is 0 Å². The number of halogens is 2. The monoisotopic (exact) mass is 329 g/mol. The lowest BCUT2D eigenvalue weighted by atomic mass is 9.80. The molecule has 18 heavy (non-hydrogen) atoms. The zero-order chi connectivity index (χ0) is 13.0. The molecule has 1 N–H and O–H groups in total. The second-order valence-corrected chi connectivity index (χ2v) is 6.71. The van der Waals surface area contributed by atoms with E-state index >= 15 is 0 Å². The summed E-state index contributed by atoms with van der Waals surface area (Å²) in [7, 11) is 0. The molecule has 0 aromatic heterocycles. The molecule has 1 aliphatic rings. The van der Waals surface area contributed by atoms with Gasteiger partial charge in [-0.2, -0.15) is 0 Å².